The van der Waals surface area contributed by atoms with Crippen molar-refractivity contribution in [2.75, 3.05) is 5.32 Å². The minimum Gasteiger partial charge on any atom is -0.333 e. The van der Waals surface area contributed by atoms with Gasteiger partial charge in [0.2, 0.25) is 5.82 Å². The van der Waals surface area contributed by atoms with Gasteiger partial charge in [-0.2, -0.15) is 0 Å². The van der Waals surface area contributed by atoms with Gasteiger partial charge in [-0.3, -0.25) is 15.1 Å². The Morgan fingerprint density at radius 2 is 1.96 bits per heavy atom. The molecule has 24 heavy (non-hydrogen) atoms. The summed E-state index contributed by atoms with van der Waals surface area (Å²) < 4.78 is 0. The molecule has 0 aliphatic carbocycles. The lowest BCUT2D eigenvalue weighted by Gasteiger charge is -2.08. The number of rotatable bonds is 5. The molecule has 0 saturated carbocycles. The van der Waals surface area contributed by atoms with Crippen molar-refractivity contribution < 1.29 is 4.92 Å². The maximum absolute atomic E-state index is 11.5. The number of pyridine rings is 1. The van der Waals surface area contributed by atoms with E-state index in [-0.39, 0.29) is 16.5 Å². The Kier molecular flexibility index (Phi) is 4.88. The molecule has 0 atom stereocenters. The molecule has 3 aromatic rings. The van der Waals surface area contributed by atoms with E-state index in [1.165, 1.54) is 18.1 Å². The van der Waals surface area contributed by atoms with Crippen LogP contribution >= 0.6 is 23.4 Å². The van der Waals surface area contributed by atoms with E-state index in [0.29, 0.717) is 10.7 Å². The Labute approximate surface area is 146 Å². The van der Waals surface area contributed by atoms with Gasteiger partial charge in [0.25, 0.3) is 0 Å². The highest BCUT2D eigenvalue weighted by molar-refractivity contribution is 7.99. The maximum atomic E-state index is 11.5. The molecule has 0 radical (unpaired) electrons. The van der Waals surface area contributed by atoms with Gasteiger partial charge >= 0.3 is 5.69 Å². The summed E-state index contributed by atoms with van der Waals surface area (Å²) in [6.45, 7) is 0. The molecule has 120 valence electrons. The van der Waals surface area contributed by atoms with Crippen LogP contribution in [-0.4, -0.2) is 19.9 Å². The lowest BCUT2D eigenvalue weighted by atomic mass is 10.4. The number of nitro groups is 1. The lowest BCUT2D eigenvalue weighted by Crippen LogP contribution is -2.03. The minimum absolute atomic E-state index is 0.111. The van der Waals surface area contributed by atoms with Crippen LogP contribution in [0.4, 0.5) is 17.2 Å². The van der Waals surface area contributed by atoms with E-state index >= 15 is 0 Å². The molecular formula is C15H10ClN5O2S. The van der Waals surface area contributed by atoms with E-state index < -0.39 is 4.92 Å². The quantitative estimate of drug-likeness (QED) is 0.411. The fourth-order valence-corrected chi connectivity index (χ4v) is 2.87. The van der Waals surface area contributed by atoms with Crippen molar-refractivity contribution in [3.63, 3.8) is 0 Å². The zero-order valence-electron chi connectivity index (χ0n) is 12.1. The third kappa shape index (κ3) is 3.79. The molecule has 7 nitrogen and oxygen atoms in total. The Balaban J connectivity index is 1.96. The van der Waals surface area contributed by atoms with Gasteiger partial charge < -0.3 is 5.32 Å². The van der Waals surface area contributed by atoms with Crippen LogP contribution < -0.4 is 5.32 Å². The van der Waals surface area contributed by atoms with Gasteiger partial charge in [0.15, 0.2) is 5.03 Å². The molecule has 0 bridgehead atoms. The Bertz CT molecular complexity index is 861. The highest BCUT2D eigenvalue weighted by Gasteiger charge is 2.24. The average Bonchev–Trinajstić information content (AvgIpc) is 2.58. The summed E-state index contributed by atoms with van der Waals surface area (Å²) in [4.78, 5) is 23.8. The number of anilines is 2. The summed E-state index contributed by atoms with van der Waals surface area (Å²) in [6, 6.07) is 10.4. The Morgan fingerprint density at radius 3 is 2.62 bits per heavy atom. The molecule has 0 aliphatic heterocycles. The second-order valence-electron chi connectivity index (χ2n) is 4.56. The van der Waals surface area contributed by atoms with Crippen LogP contribution in [0.25, 0.3) is 0 Å². The van der Waals surface area contributed by atoms with Crippen molar-refractivity contribution in [2.24, 2.45) is 0 Å². The predicted molar refractivity (Wildman–Crippen MR) is 91.8 cm³/mol. The number of hydrogen-bond donors (Lipinski definition) is 1. The summed E-state index contributed by atoms with van der Waals surface area (Å²) >= 11 is 7.02. The number of halogens is 1. The Morgan fingerprint density at radius 1 is 1.17 bits per heavy atom. The van der Waals surface area contributed by atoms with Gasteiger partial charge in [-0.05, 0) is 36.4 Å². The first-order valence-electron chi connectivity index (χ1n) is 6.73. The van der Waals surface area contributed by atoms with E-state index in [2.05, 4.69) is 20.3 Å². The van der Waals surface area contributed by atoms with Crippen molar-refractivity contribution in [2.45, 2.75) is 9.92 Å². The third-order valence-corrected chi connectivity index (χ3v) is 4.18. The van der Waals surface area contributed by atoms with E-state index in [9.17, 15) is 10.1 Å². The molecule has 2 heterocycles. The zero-order valence-corrected chi connectivity index (χ0v) is 13.7. The molecule has 0 spiro atoms. The lowest BCUT2D eigenvalue weighted by molar-refractivity contribution is -0.387. The molecule has 2 aromatic heterocycles. The van der Waals surface area contributed by atoms with E-state index in [1.54, 1.807) is 48.8 Å². The SMILES string of the molecule is O=[N+]([O-])c1c(Nc2cccnc2)ncnc1Sc1ccc(Cl)cc1. The van der Waals surface area contributed by atoms with E-state index in [1.807, 2.05) is 0 Å². The standard InChI is InChI=1S/C15H10ClN5O2S/c16-10-3-5-12(6-4-10)24-15-13(21(22)23)14(18-9-19-15)20-11-2-1-7-17-8-11/h1-9H,(H,18,19,20). The maximum Gasteiger partial charge on any atom is 0.343 e. The first-order chi connectivity index (χ1) is 11.6. The molecule has 1 aromatic carbocycles. The van der Waals surface area contributed by atoms with Crippen LogP contribution in [0.5, 0.6) is 0 Å². The number of nitrogens with zero attached hydrogens (tertiary/aromatic N) is 4. The van der Waals surface area contributed by atoms with Gasteiger partial charge in [0, 0.05) is 16.1 Å². The summed E-state index contributed by atoms with van der Waals surface area (Å²) in [7, 11) is 0. The van der Waals surface area contributed by atoms with Crippen molar-refractivity contribution >= 4 is 40.6 Å². The molecule has 0 aliphatic rings. The van der Waals surface area contributed by atoms with Crippen LogP contribution in [0.3, 0.4) is 0 Å². The van der Waals surface area contributed by atoms with Gasteiger partial charge in [-0.15, -0.1) is 0 Å². The molecule has 9 heteroatoms. The van der Waals surface area contributed by atoms with Crippen molar-refractivity contribution in [3.05, 3.63) is 70.3 Å². The summed E-state index contributed by atoms with van der Waals surface area (Å²) in [5.41, 5.74) is 0.406. The molecule has 0 amide bonds. The second kappa shape index (κ2) is 7.24. The van der Waals surface area contributed by atoms with Crippen molar-refractivity contribution in [1.29, 1.82) is 0 Å². The van der Waals surface area contributed by atoms with Crippen LogP contribution in [0, 0.1) is 10.1 Å². The predicted octanol–water partition coefficient (Wildman–Crippen LogP) is 4.33. The molecule has 3 rings (SSSR count). The van der Waals surface area contributed by atoms with Crippen LogP contribution in [0.2, 0.25) is 5.02 Å². The van der Waals surface area contributed by atoms with E-state index in [0.717, 1.165) is 4.90 Å². The van der Waals surface area contributed by atoms with Gasteiger partial charge in [-0.1, -0.05) is 23.4 Å². The summed E-state index contributed by atoms with van der Waals surface area (Å²) in [5.74, 6) is 0.111. The zero-order chi connectivity index (χ0) is 16.9. The van der Waals surface area contributed by atoms with E-state index in [4.69, 9.17) is 11.6 Å². The highest BCUT2D eigenvalue weighted by Crippen LogP contribution is 2.37. The molecule has 1 N–H and O–H groups in total. The Hall–Kier alpha value is -2.71. The van der Waals surface area contributed by atoms with Gasteiger partial charge in [-0.25, -0.2) is 9.97 Å². The third-order valence-electron chi connectivity index (χ3n) is 2.92. The average molecular weight is 360 g/mol. The molecule has 0 fully saturated rings. The number of nitrogens with one attached hydrogen (secondary N) is 1. The monoisotopic (exact) mass is 359 g/mol. The van der Waals surface area contributed by atoms with Crippen LogP contribution in [-0.2, 0) is 0 Å². The topological polar surface area (TPSA) is 93.8 Å². The van der Waals surface area contributed by atoms with Crippen LogP contribution in [0.15, 0.2) is 65.0 Å². The fraction of sp³-hybridized carbons (Fsp3) is 0. The molecular weight excluding hydrogens is 350 g/mol. The fourth-order valence-electron chi connectivity index (χ4n) is 1.88. The molecule has 0 saturated heterocycles. The number of hydrogen-bond acceptors (Lipinski definition) is 7. The normalized spacial score (nSPS) is 10.4. The van der Waals surface area contributed by atoms with Crippen LogP contribution in [0.1, 0.15) is 0 Å². The smallest absolute Gasteiger partial charge is 0.333 e. The first kappa shape index (κ1) is 16.2. The van der Waals surface area contributed by atoms with Gasteiger partial charge in [0.1, 0.15) is 6.33 Å². The highest BCUT2D eigenvalue weighted by atomic mass is 35.5. The minimum atomic E-state index is -0.503. The number of benzene rings is 1. The molecule has 0 unspecified atom stereocenters. The first-order valence-corrected chi connectivity index (χ1v) is 7.93. The second-order valence-corrected chi connectivity index (χ2v) is 6.05. The summed E-state index contributed by atoms with van der Waals surface area (Å²) in [6.07, 6.45) is 4.45. The van der Waals surface area contributed by atoms with Gasteiger partial charge in [0.05, 0.1) is 16.8 Å². The van der Waals surface area contributed by atoms with Crippen molar-refractivity contribution in [3.8, 4) is 0 Å². The largest absolute Gasteiger partial charge is 0.343 e. The van der Waals surface area contributed by atoms with Crippen molar-refractivity contribution in [1.82, 2.24) is 15.0 Å². The summed E-state index contributed by atoms with van der Waals surface area (Å²) in [5, 5.41) is 15.2. The number of aromatic nitrogens is 3.